The van der Waals surface area contributed by atoms with Gasteiger partial charge >= 0.3 is 0 Å². The Morgan fingerprint density at radius 2 is 2.00 bits per heavy atom. The predicted molar refractivity (Wildman–Crippen MR) is 63.9 cm³/mol. The highest BCUT2D eigenvalue weighted by atomic mass is 16.5. The molecule has 0 radical (unpaired) electrons. The molecule has 0 saturated heterocycles. The van der Waals surface area contributed by atoms with E-state index in [2.05, 4.69) is 0 Å². The van der Waals surface area contributed by atoms with E-state index in [1.807, 2.05) is 32.9 Å². The highest BCUT2D eigenvalue weighted by Crippen LogP contribution is 2.27. The molecule has 0 heterocycles. The minimum Gasteiger partial charge on any atom is -0.490 e. The van der Waals surface area contributed by atoms with Crippen molar-refractivity contribution in [3.05, 3.63) is 23.3 Å². The first-order chi connectivity index (χ1) is 6.91. The van der Waals surface area contributed by atoms with Gasteiger partial charge in [0, 0.05) is 11.4 Å². The number of anilines is 1. The van der Waals surface area contributed by atoms with Crippen LogP contribution in [-0.4, -0.2) is 11.8 Å². The summed E-state index contributed by atoms with van der Waals surface area (Å²) in [7, 11) is 0. The molecule has 1 aromatic carbocycles. The molecule has 0 unspecified atom stereocenters. The zero-order valence-corrected chi connectivity index (χ0v) is 9.72. The predicted octanol–water partition coefficient (Wildman–Crippen LogP) is 2.75. The summed E-state index contributed by atoms with van der Waals surface area (Å²) in [6, 6.07) is 3.78. The van der Waals surface area contributed by atoms with Crippen LogP contribution in [0.1, 0.15) is 31.9 Å². The van der Waals surface area contributed by atoms with Crippen molar-refractivity contribution in [2.75, 3.05) is 5.73 Å². The molecular formula is C12H18N2O. The summed E-state index contributed by atoms with van der Waals surface area (Å²) in [6.45, 7) is 7.60. The Bertz CT molecular complexity index is 383. The number of ether oxygens (including phenoxy) is 1. The van der Waals surface area contributed by atoms with Gasteiger partial charge in [-0.2, -0.15) is 0 Å². The van der Waals surface area contributed by atoms with Gasteiger partial charge in [-0.1, -0.05) is 0 Å². The second-order valence-corrected chi connectivity index (χ2v) is 4.02. The maximum absolute atomic E-state index is 7.67. The van der Waals surface area contributed by atoms with Crippen molar-refractivity contribution < 1.29 is 4.74 Å². The molecule has 0 aliphatic carbocycles. The number of hydrogen-bond acceptors (Lipinski definition) is 3. The average molecular weight is 206 g/mol. The van der Waals surface area contributed by atoms with E-state index < -0.39 is 0 Å². The van der Waals surface area contributed by atoms with Crippen LogP contribution in [0.3, 0.4) is 0 Å². The van der Waals surface area contributed by atoms with Crippen LogP contribution >= 0.6 is 0 Å². The molecule has 0 aromatic heterocycles. The SMILES string of the molecule is CC(=N)c1c(N)cc(C)cc1OC(C)C. The van der Waals surface area contributed by atoms with E-state index in [1.165, 1.54) is 0 Å². The molecule has 0 amide bonds. The maximum atomic E-state index is 7.67. The Balaban J connectivity index is 3.27. The Morgan fingerprint density at radius 3 is 2.47 bits per heavy atom. The largest absolute Gasteiger partial charge is 0.490 e. The van der Waals surface area contributed by atoms with Crippen LogP contribution in [0.15, 0.2) is 12.1 Å². The fraction of sp³-hybridized carbons (Fsp3) is 0.417. The molecule has 0 bridgehead atoms. The molecule has 82 valence electrons. The van der Waals surface area contributed by atoms with Crippen molar-refractivity contribution in [3.8, 4) is 5.75 Å². The maximum Gasteiger partial charge on any atom is 0.131 e. The minimum atomic E-state index is 0.0873. The Hall–Kier alpha value is -1.51. The van der Waals surface area contributed by atoms with Crippen molar-refractivity contribution in [2.45, 2.75) is 33.8 Å². The summed E-state index contributed by atoms with van der Waals surface area (Å²) in [5.74, 6) is 0.704. The molecule has 1 rings (SSSR count). The van der Waals surface area contributed by atoms with E-state index in [4.69, 9.17) is 15.9 Å². The van der Waals surface area contributed by atoms with Crippen molar-refractivity contribution in [3.63, 3.8) is 0 Å². The van der Waals surface area contributed by atoms with Crippen molar-refractivity contribution in [1.82, 2.24) is 0 Å². The highest BCUT2D eigenvalue weighted by Gasteiger charge is 2.12. The topological polar surface area (TPSA) is 59.1 Å². The quantitative estimate of drug-likeness (QED) is 0.590. The van der Waals surface area contributed by atoms with Gasteiger partial charge in [0.1, 0.15) is 5.75 Å². The summed E-state index contributed by atoms with van der Waals surface area (Å²) in [5, 5.41) is 7.67. The summed E-state index contributed by atoms with van der Waals surface area (Å²) in [5.41, 5.74) is 8.67. The highest BCUT2D eigenvalue weighted by molar-refractivity contribution is 6.03. The molecule has 0 saturated carbocycles. The molecule has 3 heteroatoms. The van der Waals surface area contributed by atoms with Gasteiger partial charge in [-0.3, -0.25) is 0 Å². The Labute approximate surface area is 90.8 Å². The first kappa shape index (κ1) is 11.6. The number of hydrogen-bond donors (Lipinski definition) is 2. The van der Waals surface area contributed by atoms with Crippen molar-refractivity contribution >= 4 is 11.4 Å². The second-order valence-electron chi connectivity index (χ2n) is 4.02. The van der Waals surface area contributed by atoms with Crippen molar-refractivity contribution in [1.29, 1.82) is 5.41 Å². The van der Waals surface area contributed by atoms with E-state index >= 15 is 0 Å². The van der Waals surface area contributed by atoms with E-state index in [1.54, 1.807) is 6.92 Å². The van der Waals surface area contributed by atoms with Crippen LogP contribution in [0.5, 0.6) is 5.75 Å². The van der Waals surface area contributed by atoms with Gasteiger partial charge in [-0.05, 0) is 45.4 Å². The van der Waals surface area contributed by atoms with E-state index in [-0.39, 0.29) is 6.10 Å². The number of rotatable bonds is 3. The van der Waals surface area contributed by atoms with E-state index in [0.717, 1.165) is 5.56 Å². The fourth-order valence-electron chi connectivity index (χ4n) is 1.53. The smallest absolute Gasteiger partial charge is 0.131 e. The molecule has 0 spiro atoms. The summed E-state index contributed by atoms with van der Waals surface area (Å²) >= 11 is 0. The monoisotopic (exact) mass is 206 g/mol. The third-order valence-electron chi connectivity index (χ3n) is 2.01. The Morgan fingerprint density at radius 1 is 1.40 bits per heavy atom. The number of benzene rings is 1. The van der Waals surface area contributed by atoms with Crippen LogP contribution in [0.4, 0.5) is 5.69 Å². The second kappa shape index (κ2) is 4.34. The van der Waals surface area contributed by atoms with Crippen LogP contribution in [-0.2, 0) is 0 Å². The zero-order chi connectivity index (χ0) is 11.6. The molecule has 3 nitrogen and oxygen atoms in total. The zero-order valence-electron chi connectivity index (χ0n) is 9.72. The molecule has 0 atom stereocenters. The van der Waals surface area contributed by atoms with Gasteiger partial charge in [-0.15, -0.1) is 0 Å². The van der Waals surface area contributed by atoms with Gasteiger partial charge in [0.15, 0.2) is 0 Å². The lowest BCUT2D eigenvalue weighted by atomic mass is 10.0. The first-order valence-electron chi connectivity index (χ1n) is 5.04. The third kappa shape index (κ3) is 2.72. The first-order valence-corrected chi connectivity index (χ1v) is 5.04. The lowest BCUT2D eigenvalue weighted by Crippen LogP contribution is -2.11. The van der Waals surface area contributed by atoms with Crippen LogP contribution in [0, 0.1) is 12.3 Å². The molecule has 0 fully saturated rings. The summed E-state index contributed by atoms with van der Waals surface area (Å²) < 4.78 is 5.65. The minimum absolute atomic E-state index is 0.0873. The number of nitrogens with two attached hydrogens (primary N) is 1. The number of aryl methyl sites for hydroxylation is 1. The van der Waals surface area contributed by atoms with E-state index in [9.17, 15) is 0 Å². The third-order valence-corrected chi connectivity index (χ3v) is 2.01. The molecule has 0 aliphatic heterocycles. The van der Waals surface area contributed by atoms with E-state index in [0.29, 0.717) is 22.7 Å². The fourth-order valence-corrected chi connectivity index (χ4v) is 1.53. The van der Waals surface area contributed by atoms with Gasteiger partial charge in [0.2, 0.25) is 0 Å². The molecule has 1 aromatic rings. The molecule has 3 N–H and O–H groups in total. The van der Waals surface area contributed by atoms with Gasteiger partial charge < -0.3 is 15.9 Å². The van der Waals surface area contributed by atoms with Crippen LogP contribution in [0.2, 0.25) is 0 Å². The van der Waals surface area contributed by atoms with Crippen molar-refractivity contribution in [2.24, 2.45) is 0 Å². The Kier molecular flexibility index (Phi) is 3.35. The molecule has 0 aliphatic rings. The van der Waals surface area contributed by atoms with Gasteiger partial charge in [0.25, 0.3) is 0 Å². The standard InChI is InChI=1S/C12H18N2O/c1-7(2)15-11-6-8(3)5-10(14)12(11)9(4)13/h5-7,13H,14H2,1-4H3. The lowest BCUT2D eigenvalue weighted by Gasteiger charge is -2.16. The molecular weight excluding hydrogens is 188 g/mol. The normalized spacial score (nSPS) is 10.5. The summed E-state index contributed by atoms with van der Waals surface area (Å²) in [4.78, 5) is 0. The average Bonchev–Trinajstić information content (AvgIpc) is 1.99. The number of nitrogen functional groups attached to an aromatic ring is 1. The van der Waals surface area contributed by atoms with Gasteiger partial charge in [0.05, 0.1) is 11.7 Å². The van der Waals surface area contributed by atoms with Crippen LogP contribution in [0.25, 0.3) is 0 Å². The van der Waals surface area contributed by atoms with Gasteiger partial charge in [-0.25, -0.2) is 0 Å². The lowest BCUT2D eigenvalue weighted by molar-refractivity contribution is 0.242. The number of nitrogens with one attached hydrogen (secondary N) is 1. The molecule has 15 heavy (non-hydrogen) atoms. The summed E-state index contributed by atoms with van der Waals surface area (Å²) in [6.07, 6.45) is 0.0873. The van der Waals surface area contributed by atoms with Crippen LogP contribution < -0.4 is 10.5 Å².